The molecule has 1 aliphatic heterocycles. The van der Waals surface area contributed by atoms with E-state index in [9.17, 15) is 4.79 Å². The molecule has 0 radical (unpaired) electrons. The van der Waals surface area contributed by atoms with Crippen molar-refractivity contribution >= 4 is 34.2 Å². The molecule has 0 spiro atoms. The fourth-order valence-electron chi connectivity index (χ4n) is 3.09. The molecule has 140 valence electrons. The maximum Gasteiger partial charge on any atom is 0.242 e. The molecule has 1 amide bonds. The first-order chi connectivity index (χ1) is 12.5. The van der Waals surface area contributed by atoms with Crippen LogP contribution >= 0.6 is 23.1 Å². The largest absolute Gasteiger partial charge is 0.354 e. The zero-order valence-electron chi connectivity index (χ0n) is 15.2. The summed E-state index contributed by atoms with van der Waals surface area (Å²) in [6.45, 7) is 5.92. The number of benzene rings is 1. The van der Waals surface area contributed by atoms with Crippen molar-refractivity contribution in [3.63, 3.8) is 0 Å². The van der Waals surface area contributed by atoms with E-state index in [1.807, 2.05) is 24.3 Å². The quantitative estimate of drug-likeness (QED) is 0.776. The van der Waals surface area contributed by atoms with E-state index in [0.29, 0.717) is 12.3 Å². The highest BCUT2D eigenvalue weighted by molar-refractivity contribution is 7.09. The Hall–Kier alpha value is -1.66. The average molecular weight is 393 g/mol. The van der Waals surface area contributed by atoms with Gasteiger partial charge in [0.05, 0.1) is 0 Å². The number of aromatic nitrogens is 2. The van der Waals surface area contributed by atoms with Crippen molar-refractivity contribution in [2.45, 2.75) is 45.6 Å². The molecule has 1 aromatic carbocycles. The fraction of sp³-hybridized carbons (Fsp3) is 0.526. The van der Waals surface area contributed by atoms with Crippen LogP contribution in [0.4, 0.5) is 5.13 Å². The molecule has 0 saturated carbocycles. The highest BCUT2D eigenvalue weighted by Crippen LogP contribution is 2.28. The number of amides is 1. The summed E-state index contributed by atoms with van der Waals surface area (Å²) in [5.74, 6) is 1.49. The molecule has 2 aromatic rings. The number of hydrogen-bond donors (Lipinski definition) is 1. The number of halogens is 1. The lowest BCUT2D eigenvalue weighted by Gasteiger charge is -2.22. The van der Waals surface area contributed by atoms with Crippen LogP contribution in [-0.4, -0.2) is 34.4 Å². The normalized spacial score (nSPS) is 17.1. The summed E-state index contributed by atoms with van der Waals surface area (Å²) in [4.78, 5) is 19.3. The first kappa shape index (κ1) is 19.1. The SMILES string of the molecule is CC(C)CCNC(=O)[C@@H]1CCCN1c1nc(Cc2ccc(Cl)cc2)ns1. The smallest absolute Gasteiger partial charge is 0.242 e. The molecule has 3 rings (SSSR count). The fourth-order valence-corrected chi connectivity index (χ4v) is 3.98. The first-order valence-electron chi connectivity index (χ1n) is 9.14. The first-order valence-corrected chi connectivity index (χ1v) is 10.3. The summed E-state index contributed by atoms with van der Waals surface area (Å²) in [6, 6.07) is 7.61. The second-order valence-electron chi connectivity index (χ2n) is 7.12. The van der Waals surface area contributed by atoms with Gasteiger partial charge < -0.3 is 10.2 Å². The molecule has 7 heteroatoms. The van der Waals surface area contributed by atoms with Gasteiger partial charge in [-0.25, -0.2) is 4.98 Å². The summed E-state index contributed by atoms with van der Waals surface area (Å²) in [5, 5.41) is 4.64. The molecule has 26 heavy (non-hydrogen) atoms. The van der Waals surface area contributed by atoms with E-state index in [4.69, 9.17) is 11.6 Å². The maximum absolute atomic E-state index is 12.5. The van der Waals surface area contributed by atoms with Crippen LogP contribution in [0.2, 0.25) is 5.02 Å². The topological polar surface area (TPSA) is 58.1 Å². The lowest BCUT2D eigenvalue weighted by atomic mass is 10.1. The number of nitrogens with one attached hydrogen (secondary N) is 1. The van der Waals surface area contributed by atoms with E-state index in [1.54, 1.807) is 0 Å². The predicted molar refractivity (Wildman–Crippen MR) is 107 cm³/mol. The van der Waals surface area contributed by atoms with Crippen LogP contribution in [0.25, 0.3) is 0 Å². The van der Waals surface area contributed by atoms with Crippen LogP contribution in [-0.2, 0) is 11.2 Å². The standard InChI is InChI=1S/C19H25ClN4OS/c1-13(2)9-10-21-18(25)16-4-3-11-24(16)19-22-17(23-26-19)12-14-5-7-15(20)8-6-14/h5-8,13,16H,3-4,9-12H2,1-2H3,(H,21,25)/t16-/m0/s1. The van der Waals surface area contributed by atoms with Gasteiger partial charge in [-0.05, 0) is 42.9 Å². The zero-order chi connectivity index (χ0) is 18.5. The molecule has 0 bridgehead atoms. The van der Waals surface area contributed by atoms with Crippen LogP contribution in [0.3, 0.4) is 0 Å². The van der Waals surface area contributed by atoms with Crippen molar-refractivity contribution < 1.29 is 4.79 Å². The summed E-state index contributed by atoms with van der Waals surface area (Å²) in [7, 11) is 0. The Labute approximate surface area is 163 Å². The number of anilines is 1. The average Bonchev–Trinajstić information content (AvgIpc) is 3.25. The molecule has 0 aliphatic carbocycles. The second-order valence-corrected chi connectivity index (χ2v) is 8.29. The Kier molecular flexibility index (Phi) is 6.48. The molecular formula is C19H25ClN4OS. The van der Waals surface area contributed by atoms with Crippen molar-refractivity contribution in [2.75, 3.05) is 18.0 Å². The number of carbonyl (C=O) groups is 1. The van der Waals surface area contributed by atoms with E-state index >= 15 is 0 Å². The van der Waals surface area contributed by atoms with Gasteiger partial charge in [0.2, 0.25) is 11.0 Å². The highest BCUT2D eigenvalue weighted by atomic mass is 35.5. The molecule has 1 N–H and O–H groups in total. The molecule has 0 unspecified atom stereocenters. The van der Waals surface area contributed by atoms with E-state index in [0.717, 1.165) is 53.9 Å². The molecule has 1 fully saturated rings. The highest BCUT2D eigenvalue weighted by Gasteiger charge is 2.32. The van der Waals surface area contributed by atoms with E-state index in [2.05, 4.69) is 33.4 Å². The molecule has 2 heterocycles. The van der Waals surface area contributed by atoms with Gasteiger partial charge >= 0.3 is 0 Å². The van der Waals surface area contributed by atoms with Crippen molar-refractivity contribution in [1.29, 1.82) is 0 Å². The van der Waals surface area contributed by atoms with Crippen LogP contribution < -0.4 is 10.2 Å². The van der Waals surface area contributed by atoms with Crippen molar-refractivity contribution in [3.8, 4) is 0 Å². The Bertz CT molecular complexity index is 731. The zero-order valence-corrected chi connectivity index (χ0v) is 16.8. The van der Waals surface area contributed by atoms with Crippen molar-refractivity contribution in [3.05, 3.63) is 40.7 Å². The minimum Gasteiger partial charge on any atom is -0.354 e. The minimum atomic E-state index is -0.126. The van der Waals surface area contributed by atoms with E-state index < -0.39 is 0 Å². The Morgan fingerprint density at radius 3 is 2.88 bits per heavy atom. The van der Waals surface area contributed by atoms with Gasteiger partial charge in [-0.1, -0.05) is 37.6 Å². The molecular weight excluding hydrogens is 368 g/mol. The van der Waals surface area contributed by atoms with Crippen LogP contribution in [0.1, 0.15) is 44.5 Å². The Morgan fingerprint density at radius 2 is 2.15 bits per heavy atom. The number of hydrogen-bond acceptors (Lipinski definition) is 5. The third-order valence-electron chi connectivity index (χ3n) is 4.55. The molecule has 1 aromatic heterocycles. The van der Waals surface area contributed by atoms with E-state index in [1.165, 1.54) is 11.5 Å². The van der Waals surface area contributed by atoms with Crippen molar-refractivity contribution in [2.24, 2.45) is 5.92 Å². The second kappa shape index (κ2) is 8.82. The lowest BCUT2D eigenvalue weighted by Crippen LogP contribution is -2.43. The summed E-state index contributed by atoms with van der Waals surface area (Å²) < 4.78 is 4.48. The Morgan fingerprint density at radius 1 is 1.38 bits per heavy atom. The van der Waals surface area contributed by atoms with Gasteiger partial charge in [-0.15, -0.1) is 0 Å². The summed E-state index contributed by atoms with van der Waals surface area (Å²) in [5.41, 5.74) is 1.13. The van der Waals surface area contributed by atoms with Gasteiger partial charge in [0, 0.05) is 36.1 Å². The monoisotopic (exact) mass is 392 g/mol. The van der Waals surface area contributed by atoms with Crippen molar-refractivity contribution in [1.82, 2.24) is 14.7 Å². The predicted octanol–water partition coefficient (Wildman–Crippen LogP) is 3.91. The molecule has 1 aliphatic rings. The van der Waals surface area contributed by atoms with Gasteiger partial charge in [-0.2, -0.15) is 4.37 Å². The number of nitrogens with zero attached hydrogens (tertiary/aromatic N) is 3. The molecule has 1 saturated heterocycles. The van der Waals surface area contributed by atoms with Gasteiger partial charge in [0.15, 0.2) is 0 Å². The van der Waals surface area contributed by atoms with Crippen LogP contribution in [0, 0.1) is 5.92 Å². The van der Waals surface area contributed by atoms with E-state index in [-0.39, 0.29) is 11.9 Å². The number of rotatable bonds is 7. The number of carbonyl (C=O) groups excluding carboxylic acids is 1. The third-order valence-corrected chi connectivity index (χ3v) is 5.60. The van der Waals surface area contributed by atoms with Gasteiger partial charge in [0.1, 0.15) is 11.9 Å². The van der Waals surface area contributed by atoms with Crippen LogP contribution in [0.15, 0.2) is 24.3 Å². The van der Waals surface area contributed by atoms with Gasteiger partial charge in [0.25, 0.3) is 0 Å². The van der Waals surface area contributed by atoms with Crippen LogP contribution in [0.5, 0.6) is 0 Å². The molecule has 1 atom stereocenters. The summed E-state index contributed by atoms with van der Waals surface area (Å²) in [6.07, 6.45) is 3.56. The summed E-state index contributed by atoms with van der Waals surface area (Å²) >= 11 is 7.31. The maximum atomic E-state index is 12.5. The minimum absolute atomic E-state index is 0.109. The third kappa shape index (κ3) is 4.95. The molecule has 5 nitrogen and oxygen atoms in total. The van der Waals surface area contributed by atoms with Gasteiger partial charge in [-0.3, -0.25) is 4.79 Å². The Balaban J connectivity index is 1.61. The lowest BCUT2D eigenvalue weighted by molar-refractivity contribution is -0.122.